The van der Waals surface area contributed by atoms with Gasteiger partial charge in [0.15, 0.2) is 11.6 Å². The maximum Gasteiger partial charge on any atom is 0.341 e. The number of ether oxygens (including phenoxy) is 3. The molecular formula is C19H23B5N4O4. The molecule has 13 heteroatoms. The molecule has 0 fully saturated rings. The van der Waals surface area contributed by atoms with Crippen LogP contribution in [0.2, 0.25) is 5.11 Å². The third kappa shape index (κ3) is 5.52. The molecule has 8 nitrogen and oxygen atoms in total. The summed E-state index contributed by atoms with van der Waals surface area (Å²) in [5, 5.41) is -0.558. The van der Waals surface area contributed by atoms with E-state index in [0.717, 1.165) is 0 Å². The molecule has 3 rings (SSSR count). The van der Waals surface area contributed by atoms with Crippen LogP contribution in [0.5, 0.6) is 17.4 Å². The zero-order chi connectivity index (χ0) is 23.4. The summed E-state index contributed by atoms with van der Waals surface area (Å²) in [6.07, 6.45) is 7.68. The second-order valence-electron chi connectivity index (χ2n) is 8.70. The Morgan fingerprint density at radius 2 is 1.75 bits per heavy atom. The van der Waals surface area contributed by atoms with E-state index in [-0.39, 0.29) is 17.3 Å². The second kappa shape index (κ2) is 9.50. The van der Waals surface area contributed by atoms with Crippen LogP contribution >= 0.6 is 0 Å². The molecule has 0 atom stereocenters. The summed E-state index contributed by atoms with van der Waals surface area (Å²) in [5.41, 5.74) is 0.916. The minimum Gasteiger partial charge on any atom is -0.502 e. The van der Waals surface area contributed by atoms with Gasteiger partial charge in [-0.15, -0.1) is 0 Å². The van der Waals surface area contributed by atoms with Crippen molar-refractivity contribution in [3.8, 4) is 28.8 Å². The van der Waals surface area contributed by atoms with Crippen LogP contribution in [0.15, 0.2) is 49.2 Å². The Hall–Kier alpha value is -3.23. The first-order valence-electron chi connectivity index (χ1n) is 10.4. The average molecular weight is 425 g/mol. The minimum atomic E-state index is -0.463. The Kier molecular flexibility index (Phi) is 6.96. The lowest BCUT2D eigenvalue weighted by Gasteiger charge is -2.40. The standard InChI is InChI=1S/C19H23B5N4O4/c1-2-30-17(29)12-8-27-15(28-9-12)11-6-13(10-25-7-11)31-16-14(4-3-5-26-16)32-19(23,24)18(20,21)22/h3-10H,2,20-24H2,1H3. The summed E-state index contributed by atoms with van der Waals surface area (Å²) in [6, 6.07) is 5.37. The van der Waals surface area contributed by atoms with Gasteiger partial charge in [0.25, 0.3) is 5.88 Å². The highest BCUT2D eigenvalue weighted by molar-refractivity contribution is 6.66. The van der Waals surface area contributed by atoms with Crippen LogP contribution in [0, 0.1) is 0 Å². The predicted molar refractivity (Wildman–Crippen MR) is 134 cm³/mol. The van der Waals surface area contributed by atoms with Crippen molar-refractivity contribution in [1.29, 1.82) is 0 Å². The fourth-order valence-electron chi connectivity index (χ4n) is 2.46. The van der Waals surface area contributed by atoms with Crippen LogP contribution < -0.4 is 9.47 Å². The quantitative estimate of drug-likeness (QED) is 0.307. The third-order valence-corrected chi connectivity index (χ3v) is 5.26. The van der Waals surface area contributed by atoms with E-state index in [1.54, 1.807) is 37.6 Å². The zero-order valence-electron chi connectivity index (χ0n) is 19.2. The maximum atomic E-state index is 11.8. The lowest BCUT2D eigenvalue weighted by atomic mass is 9.28. The monoisotopic (exact) mass is 426 g/mol. The van der Waals surface area contributed by atoms with E-state index < -0.39 is 11.4 Å². The largest absolute Gasteiger partial charge is 0.502 e. The van der Waals surface area contributed by atoms with E-state index in [1.807, 2.05) is 21.8 Å². The van der Waals surface area contributed by atoms with Gasteiger partial charge in [0.2, 0.25) is 0 Å². The molecule has 0 unspecified atom stereocenters. The van der Waals surface area contributed by atoms with Crippen molar-refractivity contribution in [3.63, 3.8) is 0 Å². The summed E-state index contributed by atoms with van der Waals surface area (Å²) < 4.78 is 17.2. The summed E-state index contributed by atoms with van der Waals surface area (Å²) in [4.78, 5) is 28.8. The molecule has 32 heavy (non-hydrogen) atoms. The molecule has 3 aromatic heterocycles. The van der Waals surface area contributed by atoms with E-state index in [0.29, 0.717) is 28.8 Å². The zero-order valence-corrected chi connectivity index (χ0v) is 19.2. The second-order valence-corrected chi connectivity index (χ2v) is 8.70. The van der Waals surface area contributed by atoms with Crippen LogP contribution in [0.3, 0.4) is 0 Å². The normalized spacial score (nSPS) is 11.5. The van der Waals surface area contributed by atoms with E-state index in [2.05, 4.69) is 43.5 Å². The summed E-state index contributed by atoms with van der Waals surface area (Å²) in [6.45, 7) is 2.03. The molecule has 0 aromatic carbocycles. The first kappa shape index (κ1) is 23.4. The number of nitrogens with zero attached hydrogens (tertiary/aromatic N) is 4. The van der Waals surface area contributed by atoms with E-state index in [4.69, 9.17) is 14.2 Å². The first-order chi connectivity index (χ1) is 15.1. The first-order valence-corrected chi connectivity index (χ1v) is 10.4. The van der Waals surface area contributed by atoms with Crippen molar-refractivity contribution < 1.29 is 19.0 Å². The Balaban J connectivity index is 1.82. The van der Waals surface area contributed by atoms with Gasteiger partial charge in [-0.2, -0.15) is 0 Å². The minimum absolute atomic E-state index is 0.103. The summed E-state index contributed by atoms with van der Waals surface area (Å²) >= 11 is 0. The Bertz CT molecular complexity index is 1090. The predicted octanol–water partition coefficient (Wildman–Crippen LogP) is -1.83. The molecular weight excluding hydrogens is 402 g/mol. The molecule has 0 radical (unpaired) electrons. The van der Waals surface area contributed by atoms with E-state index >= 15 is 0 Å². The van der Waals surface area contributed by atoms with E-state index in [1.165, 1.54) is 12.4 Å². The van der Waals surface area contributed by atoms with Crippen LogP contribution in [0.4, 0.5) is 0 Å². The molecule has 0 aliphatic carbocycles. The highest BCUT2D eigenvalue weighted by atomic mass is 16.5. The smallest absolute Gasteiger partial charge is 0.341 e. The van der Waals surface area contributed by atoms with Crippen molar-refractivity contribution in [2.24, 2.45) is 0 Å². The SMILES string of the molecule is BC(B)(B)C(B)(B)Oc1cccnc1Oc1cncc(-c2ncc(C(=O)OCC)cn2)c1. The van der Waals surface area contributed by atoms with Crippen molar-refractivity contribution in [2.75, 3.05) is 6.61 Å². The number of aromatic nitrogens is 4. The van der Waals surface area contributed by atoms with Gasteiger partial charge in [-0.25, -0.2) is 19.7 Å². The van der Waals surface area contributed by atoms with Gasteiger partial charge in [0.1, 0.15) is 21.4 Å². The molecule has 0 amide bonds. The van der Waals surface area contributed by atoms with Crippen LogP contribution in [-0.2, 0) is 4.74 Å². The van der Waals surface area contributed by atoms with Crippen molar-refractivity contribution >= 4 is 45.2 Å². The molecule has 0 spiro atoms. The number of rotatable bonds is 8. The van der Waals surface area contributed by atoms with Crippen molar-refractivity contribution in [3.05, 3.63) is 54.7 Å². The molecule has 0 aliphatic heterocycles. The van der Waals surface area contributed by atoms with Gasteiger partial charge < -0.3 is 14.2 Å². The van der Waals surface area contributed by atoms with Crippen molar-refractivity contribution in [2.45, 2.75) is 17.4 Å². The van der Waals surface area contributed by atoms with Gasteiger partial charge in [-0.3, -0.25) is 4.98 Å². The molecule has 3 heterocycles. The number of hydrogen-bond acceptors (Lipinski definition) is 8. The lowest BCUT2D eigenvalue weighted by molar-refractivity contribution is 0.0525. The molecule has 0 saturated heterocycles. The van der Waals surface area contributed by atoms with Crippen molar-refractivity contribution in [1.82, 2.24) is 19.9 Å². The fourth-order valence-corrected chi connectivity index (χ4v) is 2.46. The molecule has 158 valence electrons. The fraction of sp³-hybridized carbons (Fsp3) is 0.211. The van der Waals surface area contributed by atoms with E-state index in [9.17, 15) is 4.79 Å². The van der Waals surface area contributed by atoms with Crippen LogP contribution in [0.1, 0.15) is 17.3 Å². The number of carbonyl (C=O) groups excluding carboxylic acids is 1. The van der Waals surface area contributed by atoms with Crippen LogP contribution in [0.25, 0.3) is 11.4 Å². The maximum absolute atomic E-state index is 11.8. The van der Waals surface area contributed by atoms with Gasteiger partial charge >= 0.3 is 5.97 Å². The lowest BCUT2D eigenvalue weighted by Crippen LogP contribution is -2.50. The highest BCUT2D eigenvalue weighted by Crippen LogP contribution is 2.35. The molecule has 0 saturated carbocycles. The topological polar surface area (TPSA) is 96.3 Å². The molecule has 0 aliphatic rings. The Labute approximate surface area is 192 Å². The van der Waals surface area contributed by atoms with Gasteiger partial charge in [-0.05, 0) is 25.1 Å². The number of esters is 1. The van der Waals surface area contributed by atoms with Gasteiger partial charge in [0.05, 0.1) is 41.9 Å². The number of pyridine rings is 2. The molecule has 0 N–H and O–H groups in total. The average Bonchev–Trinajstić information content (AvgIpc) is 2.75. The number of hydrogen-bond donors (Lipinski definition) is 0. The molecule has 0 bridgehead atoms. The molecule has 3 aromatic rings. The summed E-state index contributed by atoms with van der Waals surface area (Å²) in [5.74, 6) is 1.27. The highest BCUT2D eigenvalue weighted by Gasteiger charge is 2.35. The van der Waals surface area contributed by atoms with Gasteiger partial charge in [0, 0.05) is 35.8 Å². The number of carbonyl (C=O) groups is 1. The van der Waals surface area contributed by atoms with Crippen LogP contribution in [-0.4, -0.2) is 77.1 Å². The Morgan fingerprint density at radius 1 is 1.03 bits per heavy atom. The third-order valence-electron chi connectivity index (χ3n) is 5.26. The van der Waals surface area contributed by atoms with Gasteiger partial charge in [-0.1, -0.05) is 5.11 Å². The summed E-state index contributed by atoms with van der Waals surface area (Å²) in [7, 11) is 10.4. The Morgan fingerprint density at radius 3 is 2.41 bits per heavy atom.